The van der Waals surface area contributed by atoms with E-state index in [-0.39, 0.29) is 0 Å². The Balaban J connectivity index is 1.71. The van der Waals surface area contributed by atoms with Crippen LogP contribution in [0, 0.1) is 11.3 Å². The Hall–Kier alpha value is -2.31. The number of nitriles is 1. The third kappa shape index (κ3) is 3.62. The monoisotopic (exact) mass is 277 g/mol. The highest BCUT2D eigenvalue weighted by Gasteiger charge is 2.28. The van der Waals surface area contributed by atoms with Crippen LogP contribution in [0.1, 0.15) is 29.5 Å². The molecule has 3 rings (SSSR count). The Morgan fingerprint density at radius 1 is 1.05 bits per heavy atom. The zero-order chi connectivity index (χ0) is 14.7. The first-order valence-electron chi connectivity index (χ1n) is 7.32. The molecule has 0 amide bonds. The minimum Gasteiger partial charge on any atom is -0.399 e. The van der Waals surface area contributed by atoms with Gasteiger partial charge in [0.05, 0.1) is 11.6 Å². The quantitative estimate of drug-likeness (QED) is 0.853. The van der Waals surface area contributed by atoms with Crippen LogP contribution in [0.25, 0.3) is 0 Å². The maximum absolute atomic E-state index is 8.86. The second-order valence-electron chi connectivity index (χ2n) is 5.69. The van der Waals surface area contributed by atoms with Gasteiger partial charge in [-0.15, -0.1) is 0 Å². The number of anilines is 1. The molecule has 3 nitrogen and oxygen atoms in total. The van der Waals surface area contributed by atoms with E-state index < -0.39 is 0 Å². The number of hydrogen-bond acceptors (Lipinski definition) is 3. The summed E-state index contributed by atoms with van der Waals surface area (Å²) >= 11 is 0. The lowest BCUT2D eigenvalue weighted by Gasteiger charge is -2.22. The fraction of sp³-hybridized carbons (Fsp3) is 0.278. The van der Waals surface area contributed by atoms with Gasteiger partial charge in [0.1, 0.15) is 0 Å². The molecule has 0 spiro atoms. The van der Waals surface area contributed by atoms with Crippen molar-refractivity contribution in [1.82, 2.24) is 4.90 Å². The number of benzene rings is 2. The number of nitrogens with zero attached hydrogens (tertiary/aromatic N) is 2. The van der Waals surface area contributed by atoms with E-state index in [1.54, 1.807) is 0 Å². The summed E-state index contributed by atoms with van der Waals surface area (Å²) in [5, 5.41) is 8.86. The van der Waals surface area contributed by atoms with Crippen molar-refractivity contribution in [2.45, 2.75) is 32.0 Å². The summed E-state index contributed by atoms with van der Waals surface area (Å²) in [5.41, 5.74) is 9.91. The van der Waals surface area contributed by atoms with Gasteiger partial charge in [-0.1, -0.05) is 24.3 Å². The van der Waals surface area contributed by atoms with E-state index in [9.17, 15) is 0 Å². The van der Waals surface area contributed by atoms with Crippen molar-refractivity contribution in [3.05, 3.63) is 65.2 Å². The first-order chi connectivity index (χ1) is 10.2. The van der Waals surface area contributed by atoms with Crippen LogP contribution in [0.15, 0.2) is 48.5 Å². The molecule has 0 saturated heterocycles. The number of nitrogens with two attached hydrogens (primary N) is 1. The Kier molecular flexibility index (Phi) is 3.89. The van der Waals surface area contributed by atoms with Gasteiger partial charge >= 0.3 is 0 Å². The van der Waals surface area contributed by atoms with Gasteiger partial charge < -0.3 is 5.73 Å². The van der Waals surface area contributed by atoms with Crippen molar-refractivity contribution >= 4 is 5.69 Å². The molecular weight excluding hydrogens is 258 g/mol. The lowest BCUT2D eigenvalue weighted by Crippen LogP contribution is -2.25. The molecule has 0 aromatic heterocycles. The first-order valence-corrected chi connectivity index (χ1v) is 7.32. The molecule has 1 saturated carbocycles. The maximum Gasteiger partial charge on any atom is 0.0991 e. The zero-order valence-electron chi connectivity index (χ0n) is 12.0. The molecule has 0 heterocycles. The fourth-order valence-corrected chi connectivity index (χ4v) is 2.60. The van der Waals surface area contributed by atoms with E-state index in [0.717, 1.165) is 18.8 Å². The SMILES string of the molecule is N#Cc1ccc(CN(Cc2cccc(N)c2)C2CC2)cc1. The van der Waals surface area contributed by atoms with Crippen molar-refractivity contribution in [3.8, 4) is 6.07 Å². The third-order valence-electron chi connectivity index (χ3n) is 3.87. The van der Waals surface area contributed by atoms with E-state index in [4.69, 9.17) is 11.0 Å². The summed E-state index contributed by atoms with van der Waals surface area (Å²) in [5.74, 6) is 0. The molecule has 2 aromatic rings. The third-order valence-corrected chi connectivity index (χ3v) is 3.87. The van der Waals surface area contributed by atoms with E-state index in [0.29, 0.717) is 11.6 Å². The second-order valence-corrected chi connectivity index (χ2v) is 5.69. The molecule has 1 fully saturated rings. The summed E-state index contributed by atoms with van der Waals surface area (Å²) in [4.78, 5) is 2.50. The minimum absolute atomic E-state index is 0.682. The maximum atomic E-state index is 8.86. The molecule has 0 aliphatic heterocycles. The topological polar surface area (TPSA) is 53.0 Å². The predicted molar refractivity (Wildman–Crippen MR) is 84.3 cm³/mol. The highest BCUT2D eigenvalue weighted by molar-refractivity contribution is 5.40. The average molecular weight is 277 g/mol. The lowest BCUT2D eigenvalue weighted by atomic mass is 10.1. The van der Waals surface area contributed by atoms with Crippen LogP contribution < -0.4 is 5.73 Å². The molecule has 0 atom stereocenters. The highest BCUT2D eigenvalue weighted by Crippen LogP contribution is 2.30. The van der Waals surface area contributed by atoms with Gasteiger partial charge in [0, 0.05) is 24.8 Å². The molecule has 106 valence electrons. The molecular formula is C18H19N3. The lowest BCUT2D eigenvalue weighted by molar-refractivity contribution is 0.246. The second kappa shape index (κ2) is 5.99. The van der Waals surface area contributed by atoms with E-state index >= 15 is 0 Å². The summed E-state index contributed by atoms with van der Waals surface area (Å²) in [7, 11) is 0. The van der Waals surface area contributed by atoms with Gasteiger partial charge in [-0.25, -0.2) is 0 Å². The molecule has 21 heavy (non-hydrogen) atoms. The van der Waals surface area contributed by atoms with Crippen LogP contribution in [0.5, 0.6) is 0 Å². The molecule has 0 unspecified atom stereocenters. The Labute approximate surface area is 125 Å². The van der Waals surface area contributed by atoms with Crippen LogP contribution >= 0.6 is 0 Å². The van der Waals surface area contributed by atoms with Gasteiger partial charge in [0.2, 0.25) is 0 Å². The molecule has 2 N–H and O–H groups in total. The van der Waals surface area contributed by atoms with Crippen LogP contribution in [0.4, 0.5) is 5.69 Å². The van der Waals surface area contributed by atoms with Crippen molar-refractivity contribution in [2.75, 3.05) is 5.73 Å². The zero-order valence-corrected chi connectivity index (χ0v) is 12.0. The molecule has 1 aliphatic rings. The minimum atomic E-state index is 0.682. The van der Waals surface area contributed by atoms with Gasteiger partial charge in [-0.3, -0.25) is 4.90 Å². The summed E-state index contributed by atoms with van der Waals surface area (Å²) in [6, 6.07) is 18.8. The van der Waals surface area contributed by atoms with Crippen molar-refractivity contribution < 1.29 is 0 Å². The predicted octanol–water partition coefficient (Wildman–Crippen LogP) is 3.31. The molecule has 1 aliphatic carbocycles. The van der Waals surface area contributed by atoms with E-state index in [1.807, 2.05) is 42.5 Å². The average Bonchev–Trinajstić information content (AvgIpc) is 3.32. The number of hydrogen-bond donors (Lipinski definition) is 1. The van der Waals surface area contributed by atoms with E-state index in [2.05, 4.69) is 17.0 Å². The fourth-order valence-electron chi connectivity index (χ4n) is 2.60. The number of nitrogen functional groups attached to an aromatic ring is 1. The van der Waals surface area contributed by atoms with Crippen molar-refractivity contribution in [2.24, 2.45) is 0 Å². The van der Waals surface area contributed by atoms with Gasteiger partial charge in [0.25, 0.3) is 0 Å². The van der Waals surface area contributed by atoms with Crippen LogP contribution in [0.3, 0.4) is 0 Å². The molecule has 0 bridgehead atoms. The first kappa shape index (κ1) is 13.7. The summed E-state index contributed by atoms with van der Waals surface area (Å²) < 4.78 is 0. The van der Waals surface area contributed by atoms with Crippen LogP contribution in [0.2, 0.25) is 0 Å². The van der Waals surface area contributed by atoms with Gasteiger partial charge in [-0.05, 0) is 48.2 Å². The van der Waals surface area contributed by atoms with Crippen molar-refractivity contribution in [3.63, 3.8) is 0 Å². The largest absolute Gasteiger partial charge is 0.399 e. The van der Waals surface area contributed by atoms with Gasteiger partial charge in [0.15, 0.2) is 0 Å². The van der Waals surface area contributed by atoms with Crippen molar-refractivity contribution in [1.29, 1.82) is 5.26 Å². The van der Waals surface area contributed by atoms with E-state index in [1.165, 1.54) is 24.0 Å². The summed E-state index contributed by atoms with van der Waals surface area (Å²) in [6.45, 7) is 1.85. The molecule has 3 heteroatoms. The smallest absolute Gasteiger partial charge is 0.0991 e. The standard InChI is InChI=1S/C18H19N3/c19-11-14-4-6-15(7-5-14)12-21(18-8-9-18)13-16-2-1-3-17(20)10-16/h1-7,10,18H,8-9,12-13,20H2. The highest BCUT2D eigenvalue weighted by atomic mass is 15.2. The van der Waals surface area contributed by atoms with Gasteiger partial charge in [-0.2, -0.15) is 5.26 Å². The van der Waals surface area contributed by atoms with Crippen LogP contribution in [-0.2, 0) is 13.1 Å². The molecule has 0 radical (unpaired) electrons. The normalized spacial score (nSPS) is 14.1. The van der Waals surface area contributed by atoms with Crippen LogP contribution in [-0.4, -0.2) is 10.9 Å². The summed E-state index contributed by atoms with van der Waals surface area (Å²) in [6.07, 6.45) is 2.55. The Bertz CT molecular complexity index is 651. The number of rotatable bonds is 5. The molecule has 2 aromatic carbocycles. The Morgan fingerprint density at radius 2 is 1.76 bits per heavy atom. The Morgan fingerprint density at radius 3 is 2.38 bits per heavy atom.